The summed E-state index contributed by atoms with van der Waals surface area (Å²) in [7, 11) is 0. The molecular weight excluding hydrogens is 303 g/mol. The maximum atomic E-state index is 13.4. The summed E-state index contributed by atoms with van der Waals surface area (Å²) in [4.78, 5) is 11.9. The van der Waals surface area contributed by atoms with Crippen LogP contribution in [0.1, 0.15) is 25.7 Å². The number of amides is 2. The van der Waals surface area contributed by atoms with Crippen LogP contribution in [0.4, 0.5) is 14.9 Å². The normalized spacial score (nSPS) is 12.0. The average Bonchev–Trinajstić information content (AvgIpc) is 3.01. The smallest absolute Gasteiger partial charge is 0.319 e. The second kappa shape index (κ2) is 7.64. The number of nitrogens with one attached hydrogen (secondary N) is 2. The van der Waals surface area contributed by atoms with Crippen LogP contribution in [-0.2, 0) is 0 Å². The zero-order valence-corrected chi connectivity index (χ0v) is 12.9. The number of carbonyl (C=O) groups is 1. The van der Waals surface area contributed by atoms with Crippen LogP contribution < -0.4 is 15.4 Å². The molecule has 7 heteroatoms. The highest BCUT2D eigenvalue weighted by atomic mass is 19.1. The van der Waals surface area contributed by atoms with Gasteiger partial charge in [0.1, 0.15) is 23.4 Å². The monoisotopic (exact) mass is 322 g/mol. The lowest BCUT2D eigenvalue weighted by molar-refractivity contribution is 0.149. The quantitative estimate of drug-likeness (QED) is 0.763. The van der Waals surface area contributed by atoms with E-state index in [9.17, 15) is 14.3 Å². The van der Waals surface area contributed by atoms with E-state index in [1.807, 2.05) is 13.8 Å². The van der Waals surface area contributed by atoms with E-state index in [4.69, 9.17) is 9.15 Å². The summed E-state index contributed by atoms with van der Waals surface area (Å²) in [6, 6.07) is 6.52. The number of aliphatic hydroxyl groups is 1. The molecule has 1 unspecified atom stereocenters. The third-order valence-corrected chi connectivity index (χ3v) is 2.88. The van der Waals surface area contributed by atoms with Gasteiger partial charge in [0.2, 0.25) is 0 Å². The molecule has 0 bridgehead atoms. The van der Waals surface area contributed by atoms with Gasteiger partial charge in [-0.05, 0) is 38.1 Å². The first kappa shape index (κ1) is 16.8. The van der Waals surface area contributed by atoms with Crippen LogP contribution in [0, 0.1) is 5.82 Å². The maximum absolute atomic E-state index is 13.4. The number of hydrogen-bond acceptors (Lipinski definition) is 4. The number of urea groups is 1. The predicted octanol–water partition coefficient (Wildman–Crippen LogP) is 3.06. The van der Waals surface area contributed by atoms with Crippen molar-refractivity contribution in [1.29, 1.82) is 0 Å². The van der Waals surface area contributed by atoms with Crippen LogP contribution in [0.15, 0.2) is 41.0 Å². The maximum Gasteiger partial charge on any atom is 0.319 e. The summed E-state index contributed by atoms with van der Waals surface area (Å²) < 4.78 is 23.9. The molecule has 2 rings (SSSR count). The van der Waals surface area contributed by atoms with Crippen LogP contribution in [0.2, 0.25) is 0 Å². The number of benzene rings is 1. The van der Waals surface area contributed by atoms with Crippen LogP contribution >= 0.6 is 0 Å². The number of rotatable bonds is 6. The SMILES string of the molecule is CC(C)Oc1ccc(F)cc1NC(=O)NCC(O)c1ccco1. The molecule has 0 aliphatic heterocycles. The zero-order chi connectivity index (χ0) is 16.8. The highest BCUT2D eigenvalue weighted by molar-refractivity contribution is 5.90. The Balaban J connectivity index is 1.95. The Bertz CT molecular complexity index is 644. The molecule has 3 N–H and O–H groups in total. The molecule has 0 saturated carbocycles. The number of halogens is 1. The van der Waals surface area contributed by atoms with E-state index in [2.05, 4.69) is 10.6 Å². The van der Waals surface area contributed by atoms with E-state index in [0.717, 1.165) is 0 Å². The Hall–Kier alpha value is -2.54. The van der Waals surface area contributed by atoms with Gasteiger partial charge in [0.15, 0.2) is 0 Å². The molecule has 2 amide bonds. The number of anilines is 1. The first-order valence-electron chi connectivity index (χ1n) is 7.18. The van der Waals surface area contributed by atoms with Crippen LogP contribution in [0.5, 0.6) is 5.75 Å². The van der Waals surface area contributed by atoms with E-state index in [1.165, 1.54) is 24.5 Å². The lowest BCUT2D eigenvalue weighted by Gasteiger charge is -2.16. The summed E-state index contributed by atoms with van der Waals surface area (Å²) in [6.45, 7) is 3.61. The van der Waals surface area contributed by atoms with Crippen molar-refractivity contribution in [3.63, 3.8) is 0 Å². The molecule has 0 spiro atoms. The van der Waals surface area contributed by atoms with Crippen LogP contribution in [0.25, 0.3) is 0 Å². The van der Waals surface area contributed by atoms with Gasteiger partial charge in [-0.2, -0.15) is 0 Å². The van der Waals surface area contributed by atoms with Gasteiger partial charge in [0.25, 0.3) is 0 Å². The summed E-state index contributed by atoms with van der Waals surface area (Å²) in [5.41, 5.74) is 0.212. The van der Waals surface area contributed by atoms with Gasteiger partial charge in [-0.15, -0.1) is 0 Å². The Kier molecular flexibility index (Phi) is 5.59. The van der Waals surface area contributed by atoms with Crippen molar-refractivity contribution in [3.05, 3.63) is 48.2 Å². The Morgan fingerprint density at radius 3 is 2.83 bits per heavy atom. The molecule has 1 aromatic carbocycles. The number of hydrogen-bond donors (Lipinski definition) is 3. The van der Waals surface area contributed by atoms with Gasteiger partial charge in [-0.1, -0.05) is 0 Å². The van der Waals surface area contributed by atoms with E-state index in [-0.39, 0.29) is 18.3 Å². The van der Waals surface area contributed by atoms with E-state index in [0.29, 0.717) is 11.5 Å². The molecule has 6 nitrogen and oxygen atoms in total. The molecule has 23 heavy (non-hydrogen) atoms. The predicted molar refractivity (Wildman–Crippen MR) is 82.9 cm³/mol. The minimum Gasteiger partial charge on any atom is -0.489 e. The molecule has 0 aliphatic carbocycles. The molecule has 124 valence electrons. The Morgan fingerprint density at radius 2 is 2.17 bits per heavy atom. The van der Waals surface area contributed by atoms with Crippen molar-refractivity contribution in [3.8, 4) is 5.75 Å². The standard InChI is InChI=1S/C16H19FN2O4/c1-10(2)23-14-6-5-11(17)8-12(14)19-16(21)18-9-13(20)15-4-3-7-22-15/h3-8,10,13,20H,9H2,1-2H3,(H2,18,19,21). The lowest BCUT2D eigenvalue weighted by atomic mass is 10.2. The average molecular weight is 322 g/mol. The molecule has 1 atom stereocenters. The minimum absolute atomic E-state index is 0.0466. The van der Waals surface area contributed by atoms with Crippen LogP contribution in [0.3, 0.4) is 0 Å². The van der Waals surface area contributed by atoms with Crippen molar-refractivity contribution >= 4 is 11.7 Å². The molecule has 0 saturated heterocycles. The fraction of sp³-hybridized carbons (Fsp3) is 0.312. The zero-order valence-electron chi connectivity index (χ0n) is 12.9. The largest absolute Gasteiger partial charge is 0.489 e. The summed E-state index contributed by atoms with van der Waals surface area (Å²) >= 11 is 0. The molecule has 2 aromatic rings. The van der Waals surface area contributed by atoms with E-state index >= 15 is 0 Å². The number of ether oxygens (including phenoxy) is 1. The lowest BCUT2D eigenvalue weighted by Crippen LogP contribution is -2.32. The van der Waals surface area contributed by atoms with Gasteiger partial charge in [0, 0.05) is 6.07 Å². The molecular formula is C16H19FN2O4. The molecule has 0 aliphatic rings. The van der Waals surface area contributed by atoms with E-state index in [1.54, 1.807) is 12.1 Å². The number of carbonyl (C=O) groups excluding carboxylic acids is 1. The van der Waals surface area contributed by atoms with E-state index < -0.39 is 18.0 Å². The third-order valence-electron chi connectivity index (χ3n) is 2.88. The van der Waals surface area contributed by atoms with Gasteiger partial charge >= 0.3 is 6.03 Å². The first-order valence-corrected chi connectivity index (χ1v) is 7.18. The molecule has 0 fully saturated rings. The summed E-state index contributed by atoms with van der Waals surface area (Å²) in [6.07, 6.45) is 0.348. The Morgan fingerprint density at radius 1 is 1.39 bits per heavy atom. The van der Waals surface area contributed by atoms with Gasteiger partial charge in [-0.3, -0.25) is 0 Å². The van der Waals surface area contributed by atoms with Crippen molar-refractivity contribution in [2.24, 2.45) is 0 Å². The topological polar surface area (TPSA) is 83.7 Å². The van der Waals surface area contributed by atoms with Gasteiger partial charge in [-0.25, -0.2) is 9.18 Å². The molecule has 0 radical (unpaired) electrons. The summed E-state index contributed by atoms with van der Waals surface area (Å²) in [5.74, 6) is 0.218. The van der Waals surface area contributed by atoms with Crippen molar-refractivity contribution in [2.45, 2.75) is 26.1 Å². The van der Waals surface area contributed by atoms with Crippen LogP contribution in [-0.4, -0.2) is 23.8 Å². The van der Waals surface area contributed by atoms with Crippen molar-refractivity contribution < 1.29 is 23.4 Å². The molecule has 1 heterocycles. The highest BCUT2D eigenvalue weighted by Gasteiger charge is 2.14. The first-order chi connectivity index (χ1) is 11.0. The van der Waals surface area contributed by atoms with Gasteiger partial charge < -0.3 is 24.9 Å². The highest BCUT2D eigenvalue weighted by Crippen LogP contribution is 2.26. The Labute approximate surface area is 133 Å². The van der Waals surface area contributed by atoms with Crippen molar-refractivity contribution in [2.75, 3.05) is 11.9 Å². The van der Waals surface area contributed by atoms with Gasteiger partial charge in [0.05, 0.1) is 24.6 Å². The van der Waals surface area contributed by atoms with Crippen molar-refractivity contribution in [1.82, 2.24) is 5.32 Å². The number of furan rings is 1. The fourth-order valence-electron chi connectivity index (χ4n) is 1.89. The summed E-state index contributed by atoms with van der Waals surface area (Å²) in [5, 5.41) is 14.8. The second-order valence-electron chi connectivity index (χ2n) is 5.17. The second-order valence-corrected chi connectivity index (χ2v) is 5.17. The minimum atomic E-state index is -0.963. The molecule has 1 aromatic heterocycles. The third kappa shape index (κ3) is 5.00. The number of aliphatic hydroxyl groups excluding tert-OH is 1. The fourth-order valence-corrected chi connectivity index (χ4v) is 1.89.